The highest BCUT2D eigenvalue weighted by Crippen LogP contribution is 2.26. The van der Waals surface area contributed by atoms with Crippen molar-refractivity contribution in [1.29, 1.82) is 0 Å². The Morgan fingerprint density at radius 2 is 1.75 bits per heavy atom. The van der Waals surface area contributed by atoms with Gasteiger partial charge in [-0.1, -0.05) is 26.0 Å². The molecule has 0 radical (unpaired) electrons. The zero-order valence-electron chi connectivity index (χ0n) is 20.8. The Bertz CT molecular complexity index is 1240. The zero-order valence-corrected chi connectivity index (χ0v) is 20.8. The van der Waals surface area contributed by atoms with E-state index in [1.807, 2.05) is 43.9 Å². The molecule has 0 saturated carbocycles. The molecule has 8 heteroatoms. The number of anilines is 2. The molecule has 1 fully saturated rings. The summed E-state index contributed by atoms with van der Waals surface area (Å²) >= 11 is 0. The van der Waals surface area contributed by atoms with Crippen LogP contribution in [0.3, 0.4) is 0 Å². The van der Waals surface area contributed by atoms with Crippen LogP contribution >= 0.6 is 0 Å². The molecular weight excluding hydrogens is 459 g/mol. The summed E-state index contributed by atoms with van der Waals surface area (Å²) in [4.78, 5) is 31.7. The summed E-state index contributed by atoms with van der Waals surface area (Å²) < 4.78 is 19.7. The van der Waals surface area contributed by atoms with Gasteiger partial charge in [0.1, 0.15) is 5.82 Å². The maximum Gasteiger partial charge on any atom is 0.255 e. The van der Waals surface area contributed by atoms with Gasteiger partial charge in [-0.2, -0.15) is 0 Å². The largest absolute Gasteiger partial charge is 0.378 e. The van der Waals surface area contributed by atoms with Crippen LogP contribution in [-0.2, 0) is 4.74 Å². The average Bonchev–Trinajstić information content (AvgIpc) is 2.88. The number of carbonyl (C=O) groups excluding carboxylic acids is 2. The SMILES string of the molecule is Cc1ncc(NC(=O)c2cc(F)cc(N3CCOCC3)c2)cc1-c1ccc(C(=O)NCC(C)C)cc1. The van der Waals surface area contributed by atoms with Crippen molar-refractivity contribution in [3.8, 4) is 11.1 Å². The van der Waals surface area contributed by atoms with Gasteiger partial charge in [-0.15, -0.1) is 0 Å². The molecule has 4 rings (SSSR count). The third kappa shape index (κ3) is 6.26. The van der Waals surface area contributed by atoms with Crippen LogP contribution < -0.4 is 15.5 Å². The van der Waals surface area contributed by atoms with Crippen LogP contribution in [0.25, 0.3) is 11.1 Å². The number of hydrogen-bond acceptors (Lipinski definition) is 5. The minimum Gasteiger partial charge on any atom is -0.378 e. The number of hydrogen-bond donors (Lipinski definition) is 2. The number of carbonyl (C=O) groups is 2. The molecule has 7 nitrogen and oxygen atoms in total. The predicted molar refractivity (Wildman–Crippen MR) is 139 cm³/mol. The maximum atomic E-state index is 14.3. The van der Waals surface area contributed by atoms with Crippen molar-refractivity contribution in [2.24, 2.45) is 5.92 Å². The minimum atomic E-state index is -0.468. The lowest BCUT2D eigenvalue weighted by Crippen LogP contribution is -2.36. The van der Waals surface area contributed by atoms with E-state index in [4.69, 9.17) is 4.74 Å². The lowest BCUT2D eigenvalue weighted by molar-refractivity contribution is 0.0948. The Labute approximate surface area is 210 Å². The van der Waals surface area contributed by atoms with Gasteiger partial charge < -0.3 is 20.3 Å². The zero-order chi connectivity index (χ0) is 25.7. The second-order valence-electron chi connectivity index (χ2n) is 9.29. The lowest BCUT2D eigenvalue weighted by atomic mass is 10.0. The second kappa shape index (κ2) is 11.3. The highest BCUT2D eigenvalue weighted by Gasteiger charge is 2.16. The third-order valence-corrected chi connectivity index (χ3v) is 5.99. The fourth-order valence-electron chi connectivity index (χ4n) is 4.01. The number of aromatic nitrogens is 1. The van der Waals surface area contributed by atoms with E-state index in [1.54, 1.807) is 24.4 Å². The quantitative estimate of drug-likeness (QED) is 0.503. The molecule has 0 spiro atoms. The molecule has 2 N–H and O–H groups in total. The van der Waals surface area contributed by atoms with Crippen LogP contribution in [0.15, 0.2) is 54.7 Å². The first-order chi connectivity index (χ1) is 17.3. The number of amides is 2. The van der Waals surface area contributed by atoms with Gasteiger partial charge in [-0.25, -0.2) is 4.39 Å². The summed E-state index contributed by atoms with van der Waals surface area (Å²) in [6.07, 6.45) is 1.58. The molecule has 3 aromatic rings. The van der Waals surface area contributed by atoms with Gasteiger partial charge >= 0.3 is 0 Å². The first-order valence-corrected chi connectivity index (χ1v) is 12.1. The Morgan fingerprint density at radius 1 is 1.03 bits per heavy atom. The van der Waals surface area contributed by atoms with E-state index >= 15 is 0 Å². The van der Waals surface area contributed by atoms with Crippen LogP contribution in [0.2, 0.25) is 0 Å². The van der Waals surface area contributed by atoms with Gasteiger partial charge in [0.05, 0.1) is 25.1 Å². The van der Waals surface area contributed by atoms with E-state index in [-0.39, 0.29) is 11.5 Å². The van der Waals surface area contributed by atoms with E-state index < -0.39 is 11.7 Å². The van der Waals surface area contributed by atoms with Gasteiger partial charge in [0.15, 0.2) is 0 Å². The predicted octanol–water partition coefficient (Wildman–Crippen LogP) is 4.67. The van der Waals surface area contributed by atoms with Crippen molar-refractivity contribution < 1.29 is 18.7 Å². The summed E-state index contributed by atoms with van der Waals surface area (Å²) in [7, 11) is 0. The summed E-state index contributed by atoms with van der Waals surface area (Å²) in [5.74, 6) is -0.627. The maximum absolute atomic E-state index is 14.3. The average molecular weight is 491 g/mol. The first kappa shape index (κ1) is 25.3. The van der Waals surface area contributed by atoms with Crippen LogP contribution in [0.5, 0.6) is 0 Å². The van der Waals surface area contributed by atoms with E-state index in [0.717, 1.165) is 16.8 Å². The smallest absolute Gasteiger partial charge is 0.255 e. The number of ether oxygens (including phenoxy) is 1. The molecule has 1 aliphatic rings. The second-order valence-corrected chi connectivity index (χ2v) is 9.29. The number of halogens is 1. The summed E-state index contributed by atoms with van der Waals surface area (Å²) in [5, 5.41) is 5.74. The van der Waals surface area contributed by atoms with Crippen molar-refractivity contribution in [2.45, 2.75) is 20.8 Å². The monoisotopic (exact) mass is 490 g/mol. The number of nitrogens with zero attached hydrogens (tertiary/aromatic N) is 2. The number of rotatable bonds is 7. The Balaban J connectivity index is 1.50. The van der Waals surface area contributed by atoms with Crippen molar-refractivity contribution in [3.05, 3.63) is 77.4 Å². The summed E-state index contributed by atoms with van der Waals surface area (Å²) in [6, 6.07) is 13.4. The summed E-state index contributed by atoms with van der Waals surface area (Å²) in [5.41, 5.74) is 4.45. The molecule has 0 atom stereocenters. The van der Waals surface area contributed by atoms with E-state index in [1.165, 1.54) is 12.1 Å². The topological polar surface area (TPSA) is 83.6 Å². The molecule has 2 amide bonds. The van der Waals surface area contributed by atoms with Crippen LogP contribution in [0.4, 0.5) is 15.8 Å². The molecule has 1 saturated heterocycles. The van der Waals surface area contributed by atoms with Crippen LogP contribution in [0, 0.1) is 18.7 Å². The molecule has 0 unspecified atom stereocenters. The Kier molecular flexibility index (Phi) is 7.95. The molecule has 188 valence electrons. The van der Waals surface area contributed by atoms with Crippen LogP contribution in [-0.4, -0.2) is 49.6 Å². The lowest BCUT2D eigenvalue weighted by Gasteiger charge is -2.29. The third-order valence-electron chi connectivity index (χ3n) is 5.99. The van der Waals surface area contributed by atoms with Gasteiger partial charge in [-0.05, 0) is 54.8 Å². The molecule has 2 aromatic carbocycles. The van der Waals surface area contributed by atoms with E-state index in [0.29, 0.717) is 55.7 Å². The van der Waals surface area contributed by atoms with E-state index in [9.17, 15) is 14.0 Å². The molecular formula is C28H31FN4O3. The number of morpholine rings is 1. The highest BCUT2D eigenvalue weighted by atomic mass is 19.1. The number of aryl methyl sites for hydroxylation is 1. The molecule has 1 aromatic heterocycles. The van der Waals surface area contributed by atoms with Crippen molar-refractivity contribution in [1.82, 2.24) is 10.3 Å². The fourth-order valence-corrected chi connectivity index (χ4v) is 4.01. The molecule has 1 aliphatic heterocycles. The molecule has 2 heterocycles. The molecule has 36 heavy (non-hydrogen) atoms. The number of pyridine rings is 1. The van der Waals surface area contributed by atoms with Gasteiger partial charge in [0, 0.05) is 47.7 Å². The van der Waals surface area contributed by atoms with Crippen molar-refractivity contribution >= 4 is 23.2 Å². The normalized spacial score (nSPS) is 13.5. The van der Waals surface area contributed by atoms with Gasteiger partial charge in [0.2, 0.25) is 0 Å². The fraction of sp³-hybridized carbons (Fsp3) is 0.321. The highest BCUT2D eigenvalue weighted by molar-refractivity contribution is 6.05. The first-order valence-electron chi connectivity index (χ1n) is 12.1. The van der Waals surface area contributed by atoms with Gasteiger partial charge in [-0.3, -0.25) is 14.6 Å². The molecule has 0 bridgehead atoms. The Hall–Kier alpha value is -3.78. The van der Waals surface area contributed by atoms with Crippen LogP contribution in [0.1, 0.15) is 40.3 Å². The summed E-state index contributed by atoms with van der Waals surface area (Å²) in [6.45, 7) is 9.02. The van der Waals surface area contributed by atoms with E-state index in [2.05, 4.69) is 15.6 Å². The van der Waals surface area contributed by atoms with Crippen molar-refractivity contribution in [3.63, 3.8) is 0 Å². The minimum absolute atomic E-state index is 0.113. The Morgan fingerprint density at radius 3 is 2.44 bits per heavy atom. The number of benzene rings is 2. The van der Waals surface area contributed by atoms with Gasteiger partial charge in [0.25, 0.3) is 11.8 Å². The standard InChI is InChI=1S/C28H31FN4O3/c1-18(2)16-31-27(34)21-6-4-20(5-7-21)26-15-24(17-30-19(26)3)32-28(35)22-12-23(29)14-25(13-22)33-8-10-36-11-9-33/h4-7,12-15,17-18H,8-11,16H2,1-3H3,(H,31,34)(H,32,35). The van der Waals surface area contributed by atoms with Crippen molar-refractivity contribution in [2.75, 3.05) is 43.1 Å². The molecule has 0 aliphatic carbocycles. The number of nitrogens with one attached hydrogen (secondary N) is 2.